The van der Waals surface area contributed by atoms with E-state index in [9.17, 15) is 0 Å². The third-order valence-electron chi connectivity index (χ3n) is 0. The third-order valence-corrected chi connectivity index (χ3v) is 0. The van der Waals surface area contributed by atoms with Gasteiger partial charge in [0, 0.05) is 0 Å². The summed E-state index contributed by atoms with van der Waals surface area (Å²) in [6.07, 6.45) is -4.67. The molecule has 0 amide bonds. The molecule has 8 N–H and O–H groups in total. The number of hydrogen-bond donors (Lipinski definition) is 8. The van der Waals surface area contributed by atoms with Crippen molar-refractivity contribution in [2.45, 2.75) is 52.9 Å². The molecule has 0 heterocycles. The van der Waals surface area contributed by atoms with E-state index in [4.69, 9.17) is 59.9 Å². The normalized spacial score (nSPS) is 7.80. The monoisotopic (exact) mass is 692 g/mol. The SMILES string of the molecule is CC(O)O.CC(O)O.CC(O)O.CC(O)O.[Cl][Re].[Cl][Re]. The zero-order valence-electron chi connectivity index (χ0n) is 11.4. The predicted octanol–water partition coefficient (Wildman–Crippen LogP) is -1.36. The second-order valence-corrected chi connectivity index (χ2v) is 2.53. The summed E-state index contributed by atoms with van der Waals surface area (Å²) in [7, 11) is 9.39. The molecule has 0 aromatic rings. The zero-order valence-corrected chi connectivity index (χ0v) is 18.3. The molecule has 0 radical (unpaired) electrons. The van der Waals surface area contributed by atoms with Crippen LogP contribution in [0.15, 0.2) is 0 Å². The van der Waals surface area contributed by atoms with Gasteiger partial charge >= 0.3 is 55.4 Å². The fourth-order valence-corrected chi connectivity index (χ4v) is 0. The fraction of sp³-hybridized carbons (Fsp3) is 1.00. The average molecular weight is 692 g/mol. The van der Waals surface area contributed by atoms with Crippen LogP contribution in [-0.4, -0.2) is 66.0 Å². The summed E-state index contributed by atoms with van der Waals surface area (Å²) in [5.41, 5.74) is 0. The van der Waals surface area contributed by atoms with E-state index in [0.717, 1.165) is 0 Å². The van der Waals surface area contributed by atoms with Crippen molar-refractivity contribution in [1.29, 1.82) is 0 Å². The van der Waals surface area contributed by atoms with E-state index in [-0.39, 0.29) is 0 Å². The fourth-order valence-electron chi connectivity index (χ4n) is 0. The molecule has 0 aliphatic rings. The third kappa shape index (κ3) is 2690. The standard InChI is InChI=1S/4C2H6O2.2ClH.2Re/c4*1-2(3)4;;;;/h4*2-4H,1H3;2*1H;;/q;;;;;;2*+1/p-2. The Labute approximate surface area is 148 Å². The van der Waals surface area contributed by atoms with Crippen LogP contribution in [0.25, 0.3) is 0 Å². The van der Waals surface area contributed by atoms with E-state index in [2.05, 4.69) is 0 Å². The molecular weight excluding hydrogens is 667 g/mol. The summed E-state index contributed by atoms with van der Waals surface area (Å²) in [6.45, 7) is 5.11. The van der Waals surface area contributed by atoms with Crippen molar-refractivity contribution >= 4 is 19.1 Å². The van der Waals surface area contributed by atoms with Crippen molar-refractivity contribution < 1.29 is 77.2 Å². The van der Waals surface area contributed by atoms with Crippen LogP contribution in [0, 0.1) is 0 Å². The predicted molar refractivity (Wildman–Crippen MR) is 67.3 cm³/mol. The van der Waals surface area contributed by atoms with Crippen molar-refractivity contribution in [3.8, 4) is 0 Å². The molecule has 0 fully saturated rings. The van der Waals surface area contributed by atoms with Crippen LogP contribution < -0.4 is 0 Å². The van der Waals surface area contributed by atoms with Gasteiger partial charge < -0.3 is 40.9 Å². The Kier molecular flexibility index (Phi) is 80.6. The van der Waals surface area contributed by atoms with Gasteiger partial charge in [-0.15, -0.1) is 0 Å². The molecule has 0 spiro atoms. The average Bonchev–Trinajstić information content (AvgIpc) is 2.19. The van der Waals surface area contributed by atoms with Gasteiger partial charge in [0.1, 0.15) is 25.2 Å². The summed E-state index contributed by atoms with van der Waals surface area (Å²) in [4.78, 5) is 0. The summed E-state index contributed by atoms with van der Waals surface area (Å²) in [6, 6.07) is 0. The molecule has 0 aliphatic heterocycles. The second-order valence-electron chi connectivity index (χ2n) is 2.53. The van der Waals surface area contributed by atoms with Gasteiger partial charge in [-0.3, -0.25) is 0 Å². The molecule has 132 valence electrons. The van der Waals surface area contributed by atoms with Crippen LogP contribution in [-0.2, 0) is 36.4 Å². The second kappa shape index (κ2) is 42.8. The minimum atomic E-state index is -1.17. The quantitative estimate of drug-likeness (QED) is 0.145. The summed E-state index contributed by atoms with van der Waals surface area (Å²) in [5.74, 6) is 0. The van der Waals surface area contributed by atoms with Crippen LogP contribution in [0.3, 0.4) is 0 Å². The van der Waals surface area contributed by atoms with E-state index in [1.165, 1.54) is 64.1 Å². The molecule has 0 rings (SSSR count). The Morgan fingerprint density at radius 2 is 0.450 bits per heavy atom. The van der Waals surface area contributed by atoms with Gasteiger partial charge in [-0.25, -0.2) is 0 Å². The van der Waals surface area contributed by atoms with Crippen molar-refractivity contribution in [3.05, 3.63) is 0 Å². The van der Waals surface area contributed by atoms with Crippen LogP contribution in [0.1, 0.15) is 27.7 Å². The van der Waals surface area contributed by atoms with E-state index in [1.54, 1.807) is 0 Å². The molecule has 0 aromatic heterocycles. The van der Waals surface area contributed by atoms with Gasteiger partial charge in [0.05, 0.1) is 0 Å². The summed E-state index contributed by atoms with van der Waals surface area (Å²) < 4.78 is 0. The number of halogens is 2. The Balaban J connectivity index is -0.0000000301. The van der Waals surface area contributed by atoms with Crippen LogP contribution in [0.4, 0.5) is 0 Å². The van der Waals surface area contributed by atoms with E-state index in [1.807, 2.05) is 0 Å². The molecule has 0 aromatic carbocycles. The molecule has 0 aliphatic carbocycles. The molecule has 12 heteroatoms. The Morgan fingerprint density at radius 3 is 0.450 bits per heavy atom. The minimum absolute atomic E-state index is 1.17. The summed E-state index contributed by atoms with van der Waals surface area (Å²) in [5, 5.41) is 60.9. The first kappa shape index (κ1) is 37.7. The number of aliphatic hydroxyl groups excluding tert-OH is 4. The Hall–Kier alpha value is 1.58. The van der Waals surface area contributed by atoms with E-state index >= 15 is 0 Å². The number of rotatable bonds is 0. The van der Waals surface area contributed by atoms with Gasteiger partial charge in [0.15, 0.2) is 0 Å². The molecule has 0 unspecified atom stereocenters. The van der Waals surface area contributed by atoms with E-state index < -0.39 is 25.2 Å². The van der Waals surface area contributed by atoms with Crippen molar-refractivity contribution in [2.75, 3.05) is 0 Å². The van der Waals surface area contributed by atoms with Gasteiger partial charge in [-0.2, -0.15) is 0 Å². The van der Waals surface area contributed by atoms with E-state index in [0.29, 0.717) is 0 Å². The molecule has 0 atom stereocenters. The molecule has 20 heavy (non-hydrogen) atoms. The molecule has 0 saturated carbocycles. The van der Waals surface area contributed by atoms with Gasteiger partial charge in [-0.1, -0.05) is 0 Å². The maximum absolute atomic E-state index is 7.61. The van der Waals surface area contributed by atoms with Gasteiger partial charge in [-0.05, 0) is 27.7 Å². The first-order chi connectivity index (χ1) is 8.93. The van der Waals surface area contributed by atoms with Crippen LogP contribution in [0.2, 0.25) is 0 Å². The van der Waals surface area contributed by atoms with Crippen molar-refractivity contribution in [1.82, 2.24) is 0 Å². The zero-order chi connectivity index (χ0) is 18.3. The van der Waals surface area contributed by atoms with Crippen LogP contribution >= 0.6 is 19.1 Å². The van der Waals surface area contributed by atoms with Gasteiger partial charge in [0.25, 0.3) is 0 Å². The van der Waals surface area contributed by atoms with Gasteiger partial charge in [0.2, 0.25) is 0 Å². The number of hydrogen-bond acceptors (Lipinski definition) is 8. The van der Waals surface area contributed by atoms with Crippen LogP contribution in [0.5, 0.6) is 0 Å². The number of aliphatic hydroxyl groups is 8. The molecular formula is C8H24Cl2O8Re2. The topological polar surface area (TPSA) is 162 Å². The van der Waals surface area contributed by atoms with Crippen molar-refractivity contribution in [2.24, 2.45) is 0 Å². The first-order valence-corrected chi connectivity index (χ1v) is 11.4. The first-order valence-electron chi connectivity index (χ1n) is 4.66. The Morgan fingerprint density at radius 1 is 0.450 bits per heavy atom. The molecule has 0 bridgehead atoms. The Bertz CT molecular complexity index is 77.5. The summed E-state index contributed by atoms with van der Waals surface area (Å²) >= 11 is 2.39. The molecule has 8 nitrogen and oxygen atoms in total. The molecule has 0 saturated heterocycles. The maximum atomic E-state index is 7.61. The van der Waals surface area contributed by atoms with Crippen molar-refractivity contribution in [3.63, 3.8) is 0 Å².